The molecule has 0 fully saturated rings. The maximum absolute atomic E-state index is 11.9. The van der Waals surface area contributed by atoms with Gasteiger partial charge in [0.2, 0.25) is 0 Å². The molecule has 1 aromatic heterocycles. The molecule has 6 heteroatoms. The van der Waals surface area contributed by atoms with Crippen molar-refractivity contribution in [2.45, 2.75) is 0 Å². The first-order chi connectivity index (χ1) is 9.66. The zero-order chi connectivity index (χ0) is 14.4. The van der Waals surface area contributed by atoms with Crippen molar-refractivity contribution in [2.75, 3.05) is 0 Å². The fourth-order valence-electron chi connectivity index (χ4n) is 1.56. The number of benzene rings is 1. The highest BCUT2D eigenvalue weighted by Crippen LogP contribution is 2.05. The number of carbonyl (C=O) groups is 2. The molecular weight excluding hydrogens is 292 g/mol. The second kappa shape index (κ2) is 7.81. The van der Waals surface area contributed by atoms with Crippen molar-refractivity contribution in [3.8, 4) is 0 Å². The van der Waals surface area contributed by atoms with Gasteiger partial charge in [-0.3, -0.25) is 9.78 Å². The van der Waals surface area contributed by atoms with Crippen molar-refractivity contribution in [1.29, 1.82) is 0 Å². The molecule has 21 heavy (non-hydrogen) atoms. The first-order valence-electron chi connectivity index (χ1n) is 5.88. The summed E-state index contributed by atoms with van der Waals surface area (Å²) in [6.45, 7) is 0. The van der Waals surface area contributed by atoms with Crippen LogP contribution in [0.25, 0.3) is 6.08 Å². The van der Waals surface area contributed by atoms with E-state index in [1.54, 1.807) is 48.7 Å². The fraction of sp³-hybridized carbons (Fsp3) is 0. The Bertz CT molecular complexity index is 642. The van der Waals surface area contributed by atoms with Crippen LogP contribution in [-0.2, 0) is 4.79 Å². The number of hydrogen-bond acceptors (Lipinski definition) is 3. The molecule has 0 bridgehead atoms. The smallest absolute Gasteiger partial charge is 0.352 e. The minimum atomic E-state index is -1.21. The van der Waals surface area contributed by atoms with Crippen molar-refractivity contribution < 1.29 is 14.7 Å². The highest BCUT2D eigenvalue weighted by atomic mass is 35.5. The predicted octanol–water partition coefficient (Wildman–Crippen LogP) is 2.36. The minimum Gasteiger partial charge on any atom is -0.477 e. The Kier molecular flexibility index (Phi) is 6.10. The maximum Gasteiger partial charge on any atom is 0.352 e. The molecule has 1 heterocycles. The highest BCUT2D eigenvalue weighted by Gasteiger charge is 2.12. The van der Waals surface area contributed by atoms with E-state index in [1.165, 1.54) is 12.3 Å². The zero-order valence-electron chi connectivity index (χ0n) is 10.9. The highest BCUT2D eigenvalue weighted by molar-refractivity contribution is 6.02. The number of pyridine rings is 1. The summed E-state index contributed by atoms with van der Waals surface area (Å²) in [6.07, 6.45) is 4.45. The number of aliphatic carboxylic acids is 1. The molecule has 2 aromatic rings. The molecule has 2 N–H and O–H groups in total. The Morgan fingerprint density at radius 3 is 2.38 bits per heavy atom. The van der Waals surface area contributed by atoms with E-state index in [2.05, 4.69) is 10.3 Å². The van der Waals surface area contributed by atoms with E-state index >= 15 is 0 Å². The van der Waals surface area contributed by atoms with Crippen LogP contribution in [0.15, 0.2) is 60.6 Å². The van der Waals surface area contributed by atoms with Gasteiger partial charge in [0.25, 0.3) is 5.91 Å². The number of aromatic nitrogens is 1. The predicted molar refractivity (Wildman–Crippen MR) is 81.0 cm³/mol. The molecule has 0 radical (unpaired) electrons. The van der Waals surface area contributed by atoms with E-state index in [0.29, 0.717) is 11.1 Å². The van der Waals surface area contributed by atoms with Crippen molar-refractivity contribution in [3.05, 3.63) is 71.7 Å². The summed E-state index contributed by atoms with van der Waals surface area (Å²) >= 11 is 0. The first kappa shape index (κ1) is 16.4. The summed E-state index contributed by atoms with van der Waals surface area (Å²) in [5, 5.41) is 11.5. The lowest BCUT2D eigenvalue weighted by Gasteiger charge is -2.06. The molecule has 0 aliphatic heterocycles. The lowest BCUT2D eigenvalue weighted by atomic mass is 10.2. The number of carboxylic acid groups (broad SMARTS) is 1. The number of carboxylic acids is 1. The van der Waals surface area contributed by atoms with E-state index in [1.807, 2.05) is 0 Å². The molecule has 108 valence electrons. The van der Waals surface area contributed by atoms with Crippen LogP contribution in [0.4, 0.5) is 0 Å². The summed E-state index contributed by atoms with van der Waals surface area (Å²) in [4.78, 5) is 27.0. The largest absolute Gasteiger partial charge is 0.477 e. The van der Waals surface area contributed by atoms with Crippen LogP contribution in [0, 0.1) is 0 Å². The summed E-state index contributed by atoms with van der Waals surface area (Å²) in [6, 6.07) is 11.8. The van der Waals surface area contributed by atoms with Crippen LogP contribution in [0.2, 0.25) is 0 Å². The van der Waals surface area contributed by atoms with Crippen molar-refractivity contribution in [3.63, 3.8) is 0 Å². The Morgan fingerprint density at radius 1 is 1.10 bits per heavy atom. The lowest BCUT2D eigenvalue weighted by Crippen LogP contribution is -2.27. The number of amides is 1. The molecule has 1 aromatic carbocycles. The second-order valence-electron chi connectivity index (χ2n) is 3.97. The summed E-state index contributed by atoms with van der Waals surface area (Å²) in [5.74, 6) is -1.68. The van der Waals surface area contributed by atoms with Gasteiger partial charge in [-0.05, 0) is 29.8 Å². The summed E-state index contributed by atoms with van der Waals surface area (Å²) in [5.41, 5.74) is 0.788. The number of nitrogens with one attached hydrogen (secondary N) is 1. The van der Waals surface area contributed by atoms with Crippen LogP contribution >= 0.6 is 12.4 Å². The third-order valence-corrected chi connectivity index (χ3v) is 2.51. The van der Waals surface area contributed by atoms with Gasteiger partial charge >= 0.3 is 5.97 Å². The van der Waals surface area contributed by atoms with Crippen LogP contribution in [0.3, 0.4) is 0 Å². The number of rotatable bonds is 4. The second-order valence-corrected chi connectivity index (χ2v) is 3.97. The monoisotopic (exact) mass is 304 g/mol. The van der Waals surface area contributed by atoms with E-state index in [9.17, 15) is 9.59 Å². The Balaban J connectivity index is 0.00000220. The van der Waals surface area contributed by atoms with Gasteiger partial charge in [0, 0.05) is 18.0 Å². The van der Waals surface area contributed by atoms with Gasteiger partial charge in [-0.1, -0.05) is 24.3 Å². The standard InChI is InChI=1S/C15H12N2O3.ClH/c18-14(12-6-2-1-3-7-12)17-13(15(19)20)9-11-5-4-8-16-10-11;/h1-10H,(H,17,18)(H,19,20);1H/b13-9+;. The van der Waals surface area contributed by atoms with Gasteiger partial charge in [-0.2, -0.15) is 0 Å². The van der Waals surface area contributed by atoms with Gasteiger partial charge < -0.3 is 10.4 Å². The summed E-state index contributed by atoms with van der Waals surface area (Å²) in [7, 11) is 0. The van der Waals surface area contributed by atoms with Crippen LogP contribution in [0.5, 0.6) is 0 Å². The molecule has 5 nitrogen and oxygen atoms in total. The molecular formula is C15H13ClN2O3. The zero-order valence-corrected chi connectivity index (χ0v) is 11.7. The molecule has 0 aliphatic rings. The van der Waals surface area contributed by atoms with Gasteiger partial charge in [0.1, 0.15) is 5.70 Å². The van der Waals surface area contributed by atoms with Gasteiger partial charge in [0.05, 0.1) is 0 Å². The Labute approximate surface area is 127 Å². The van der Waals surface area contributed by atoms with E-state index in [0.717, 1.165) is 0 Å². The SMILES string of the molecule is Cl.O=C(O)/C(=C\c1cccnc1)NC(=O)c1ccccc1. The van der Waals surface area contributed by atoms with Gasteiger partial charge in [0.15, 0.2) is 0 Å². The van der Waals surface area contributed by atoms with E-state index < -0.39 is 11.9 Å². The normalized spacial score (nSPS) is 10.4. The average molecular weight is 305 g/mol. The minimum absolute atomic E-state index is 0. The lowest BCUT2D eigenvalue weighted by molar-refractivity contribution is -0.132. The molecule has 0 aliphatic carbocycles. The summed E-state index contributed by atoms with van der Waals surface area (Å²) < 4.78 is 0. The molecule has 0 saturated heterocycles. The van der Waals surface area contributed by atoms with Crippen LogP contribution in [-0.4, -0.2) is 22.0 Å². The topological polar surface area (TPSA) is 79.3 Å². The van der Waals surface area contributed by atoms with Gasteiger partial charge in [-0.15, -0.1) is 12.4 Å². The fourth-order valence-corrected chi connectivity index (χ4v) is 1.56. The number of carbonyl (C=O) groups excluding carboxylic acids is 1. The molecule has 0 spiro atoms. The molecule has 0 unspecified atom stereocenters. The van der Waals surface area contributed by atoms with Crippen molar-refractivity contribution in [2.24, 2.45) is 0 Å². The number of nitrogens with zero attached hydrogens (tertiary/aromatic N) is 1. The van der Waals surface area contributed by atoms with Crippen LogP contribution < -0.4 is 5.32 Å². The maximum atomic E-state index is 11.9. The molecule has 0 saturated carbocycles. The third-order valence-electron chi connectivity index (χ3n) is 2.51. The van der Waals surface area contributed by atoms with Crippen LogP contribution in [0.1, 0.15) is 15.9 Å². The van der Waals surface area contributed by atoms with Crippen molar-refractivity contribution in [1.82, 2.24) is 10.3 Å². The van der Waals surface area contributed by atoms with E-state index in [4.69, 9.17) is 5.11 Å². The number of hydrogen-bond donors (Lipinski definition) is 2. The Morgan fingerprint density at radius 2 is 1.81 bits per heavy atom. The molecule has 1 amide bonds. The first-order valence-corrected chi connectivity index (χ1v) is 5.88. The quantitative estimate of drug-likeness (QED) is 0.850. The third kappa shape index (κ3) is 4.74. The van der Waals surface area contributed by atoms with Gasteiger partial charge in [-0.25, -0.2) is 4.79 Å². The Hall–Kier alpha value is -2.66. The molecule has 2 rings (SSSR count). The molecule has 0 atom stereocenters. The average Bonchev–Trinajstić information content (AvgIpc) is 2.48. The van der Waals surface area contributed by atoms with Crippen molar-refractivity contribution >= 4 is 30.4 Å². The number of halogens is 1. The van der Waals surface area contributed by atoms with E-state index in [-0.39, 0.29) is 18.1 Å².